The molecule has 0 atom stereocenters. The summed E-state index contributed by atoms with van der Waals surface area (Å²) < 4.78 is 50.0. The molecular formula is C25H35NO8S. The molecule has 0 spiro atoms. The van der Waals surface area contributed by atoms with Crippen LogP contribution in [0.1, 0.15) is 30.1 Å². The maximum absolute atomic E-state index is 12.0. The molecule has 10 heteroatoms. The van der Waals surface area contributed by atoms with Crippen LogP contribution in [-0.2, 0) is 33.2 Å². The predicted molar refractivity (Wildman–Crippen MR) is 132 cm³/mol. The summed E-state index contributed by atoms with van der Waals surface area (Å²) in [5, 5.41) is 3.30. The van der Waals surface area contributed by atoms with Gasteiger partial charge in [0.1, 0.15) is 6.61 Å². The lowest BCUT2D eigenvalue weighted by molar-refractivity contribution is -0.00201. The van der Waals surface area contributed by atoms with Gasteiger partial charge in [0, 0.05) is 12.2 Å². The molecule has 0 aromatic heterocycles. The van der Waals surface area contributed by atoms with Gasteiger partial charge < -0.3 is 24.3 Å². The van der Waals surface area contributed by atoms with E-state index in [1.807, 2.05) is 12.1 Å². The van der Waals surface area contributed by atoms with Gasteiger partial charge in [-0.15, -0.1) is 0 Å². The van der Waals surface area contributed by atoms with Gasteiger partial charge >= 0.3 is 5.97 Å². The molecule has 0 unspecified atom stereocenters. The van der Waals surface area contributed by atoms with Crippen LogP contribution in [0.4, 0.5) is 5.69 Å². The Kier molecular flexibility index (Phi) is 14.0. The minimum absolute atomic E-state index is 0.0704. The second-order valence-corrected chi connectivity index (χ2v) is 9.04. The first kappa shape index (κ1) is 28.7. The number of carbonyl (C=O) groups is 1. The van der Waals surface area contributed by atoms with Gasteiger partial charge in [-0.25, -0.2) is 4.79 Å². The average Bonchev–Trinajstić information content (AvgIpc) is 2.87. The Hall–Kier alpha value is -2.50. The Morgan fingerprint density at radius 1 is 0.771 bits per heavy atom. The number of anilines is 1. The summed E-state index contributed by atoms with van der Waals surface area (Å²) in [5.41, 5.74) is 1.48. The summed E-state index contributed by atoms with van der Waals surface area (Å²) in [5.74, 6) is -0.386. The summed E-state index contributed by atoms with van der Waals surface area (Å²) >= 11 is 0. The molecule has 9 nitrogen and oxygen atoms in total. The molecular weight excluding hydrogens is 474 g/mol. The molecule has 2 aromatic carbocycles. The van der Waals surface area contributed by atoms with E-state index in [0.717, 1.165) is 25.1 Å². The van der Waals surface area contributed by atoms with Gasteiger partial charge in [0.05, 0.1) is 56.7 Å². The van der Waals surface area contributed by atoms with E-state index in [4.69, 9.17) is 23.1 Å². The van der Waals surface area contributed by atoms with E-state index in [-0.39, 0.29) is 37.3 Å². The number of benzene rings is 2. The number of ether oxygens (including phenoxy) is 4. The van der Waals surface area contributed by atoms with Gasteiger partial charge in [0.2, 0.25) is 0 Å². The normalized spacial score (nSPS) is 11.3. The minimum Gasteiger partial charge on any atom is -0.460 e. The van der Waals surface area contributed by atoms with Crippen LogP contribution in [0.2, 0.25) is 0 Å². The molecule has 0 amide bonds. The minimum atomic E-state index is -3.76. The largest absolute Gasteiger partial charge is 0.460 e. The fourth-order valence-corrected chi connectivity index (χ4v) is 3.72. The van der Waals surface area contributed by atoms with Crippen LogP contribution < -0.4 is 5.32 Å². The van der Waals surface area contributed by atoms with Crippen LogP contribution in [0.15, 0.2) is 59.5 Å². The first-order valence-corrected chi connectivity index (χ1v) is 13.1. The second kappa shape index (κ2) is 17.0. The second-order valence-electron chi connectivity index (χ2n) is 7.42. The third-order valence-corrected chi connectivity index (χ3v) is 6.01. The van der Waals surface area contributed by atoms with Crippen LogP contribution in [0, 0.1) is 0 Å². The molecule has 35 heavy (non-hydrogen) atoms. The lowest BCUT2D eigenvalue weighted by Crippen LogP contribution is -2.15. The van der Waals surface area contributed by atoms with Gasteiger partial charge in [0.25, 0.3) is 10.1 Å². The Bertz CT molecular complexity index is 936. The van der Waals surface area contributed by atoms with Crippen molar-refractivity contribution < 1.29 is 36.3 Å². The molecule has 0 aliphatic heterocycles. The monoisotopic (exact) mass is 509 g/mol. The smallest absolute Gasteiger partial charge is 0.338 e. The molecule has 194 valence electrons. The van der Waals surface area contributed by atoms with Crippen LogP contribution in [0.5, 0.6) is 0 Å². The summed E-state index contributed by atoms with van der Waals surface area (Å²) in [6, 6.07) is 15.1. The Balaban J connectivity index is 1.40. The number of hydrogen-bond acceptors (Lipinski definition) is 9. The SMILES string of the molecule is CCCCNc1ccc(C(=O)OCCOCCOCCOCCOS(=O)(=O)c2ccccc2)cc1. The molecule has 1 N–H and O–H groups in total. The molecule has 0 saturated carbocycles. The molecule has 0 bridgehead atoms. The van der Waals surface area contributed by atoms with Gasteiger partial charge in [-0.3, -0.25) is 4.18 Å². The van der Waals surface area contributed by atoms with E-state index in [2.05, 4.69) is 12.2 Å². The first-order valence-electron chi connectivity index (χ1n) is 11.7. The number of rotatable bonds is 19. The van der Waals surface area contributed by atoms with Crippen LogP contribution >= 0.6 is 0 Å². The van der Waals surface area contributed by atoms with Crippen LogP contribution in [0.3, 0.4) is 0 Å². The Morgan fingerprint density at radius 2 is 1.34 bits per heavy atom. The molecule has 2 rings (SSSR count). The average molecular weight is 510 g/mol. The van der Waals surface area contributed by atoms with E-state index in [9.17, 15) is 13.2 Å². The van der Waals surface area contributed by atoms with Crippen molar-refractivity contribution in [3.05, 3.63) is 60.2 Å². The molecule has 2 aromatic rings. The van der Waals surface area contributed by atoms with E-state index >= 15 is 0 Å². The molecule has 0 radical (unpaired) electrons. The number of carbonyl (C=O) groups excluding carboxylic acids is 1. The summed E-state index contributed by atoms with van der Waals surface area (Å²) in [4.78, 5) is 12.2. The van der Waals surface area contributed by atoms with Crippen molar-refractivity contribution in [3.8, 4) is 0 Å². The molecule has 0 heterocycles. The number of nitrogens with one attached hydrogen (secondary N) is 1. The molecule has 0 aliphatic carbocycles. The highest BCUT2D eigenvalue weighted by Crippen LogP contribution is 2.11. The van der Waals surface area contributed by atoms with Crippen LogP contribution in [-0.4, -0.2) is 73.8 Å². The van der Waals surface area contributed by atoms with E-state index in [1.54, 1.807) is 30.3 Å². The van der Waals surface area contributed by atoms with Crippen molar-refractivity contribution in [3.63, 3.8) is 0 Å². The lowest BCUT2D eigenvalue weighted by atomic mass is 10.2. The van der Waals surface area contributed by atoms with Crippen LogP contribution in [0.25, 0.3) is 0 Å². The van der Waals surface area contributed by atoms with E-state index in [1.165, 1.54) is 12.1 Å². The third kappa shape index (κ3) is 12.1. The van der Waals surface area contributed by atoms with Crippen molar-refractivity contribution in [1.29, 1.82) is 0 Å². The highest BCUT2D eigenvalue weighted by molar-refractivity contribution is 7.86. The fraction of sp³-hybridized carbons (Fsp3) is 0.480. The summed E-state index contributed by atoms with van der Waals surface area (Å²) in [7, 11) is -3.76. The fourth-order valence-electron chi connectivity index (χ4n) is 2.81. The van der Waals surface area contributed by atoms with Gasteiger partial charge in [-0.2, -0.15) is 8.42 Å². The summed E-state index contributed by atoms with van der Waals surface area (Å²) in [6.07, 6.45) is 2.23. The van der Waals surface area contributed by atoms with E-state index in [0.29, 0.717) is 32.0 Å². The zero-order chi connectivity index (χ0) is 25.2. The number of hydrogen-bond donors (Lipinski definition) is 1. The van der Waals surface area contributed by atoms with Crippen molar-refractivity contribution in [1.82, 2.24) is 0 Å². The topological polar surface area (TPSA) is 109 Å². The molecule has 0 saturated heterocycles. The highest BCUT2D eigenvalue weighted by atomic mass is 32.2. The third-order valence-electron chi connectivity index (χ3n) is 4.68. The highest BCUT2D eigenvalue weighted by Gasteiger charge is 2.13. The van der Waals surface area contributed by atoms with Crippen molar-refractivity contribution in [2.75, 3.05) is 64.7 Å². The van der Waals surface area contributed by atoms with Crippen molar-refractivity contribution in [2.45, 2.75) is 24.7 Å². The maximum atomic E-state index is 12.0. The first-order chi connectivity index (χ1) is 17.0. The predicted octanol–water partition coefficient (Wildman–Crippen LogP) is 3.51. The Labute approximate surface area is 207 Å². The van der Waals surface area contributed by atoms with Crippen molar-refractivity contribution >= 4 is 21.8 Å². The maximum Gasteiger partial charge on any atom is 0.338 e. The zero-order valence-electron chi connectivity index (χ0n) is 20.1. The quantitative estimate of drug-likeness (QED) is 0.173. The van der Waals surface area contributed by atoms with Gasteiger partial charge in [-0.05, 0) is 42.8 Å². The zero-order valence-corrected chi connectivity index (χ0v) is 21.0. The lowest BCUT2D eigenvalue weighted by Gasteiger charge is -2.09. The number of unbranched alkanes of at least 4 members (excludes halogenated alkanes) is 1. The van der Waals surface area contributed by atoms with Gasteiger partial charge in [-0.1, -0.05) is 31.5 Å². The standard InChI is InChI=1S/C25H35NO8S/c1-2-3-13-26-23-11-9-22(10-12-23)25(27)33-20-18-31-16-14-30-15-17-32-19-21-34-35(28,29)24-7-5-4-6-8-24/h4-12,26H,2-3,13-21H2,1H3. The number of esters is 1. The van der Waals surface area contributed by atoms with Gasteiger partial charge in [0.15, 0.2) is 0 Å². The van der Waals surface area contributed by atoms with E-state index < -0.39 is 10.1 Å². The van der Waals surface area contributed by atoms with Crippen molar-refractivity contribution in [2.24, 2.45) is 0 Å². The molecule has 0 aliphatic rings. The Morgan fingerprint density at radius 3 is 1.94 bits per heavy atom. The summed E-state index contributed by atoms with van der Waals surface area (Å²) in [6.45, 7) is 4.90. The molecule has 0 fully saturated rings.